The normalized spacial score (nSPS) is 19.8. The third kappa shape index (κ3) is 6.15. The Morgan fingerprint density at radius 2 is 1.76 bits per heavy atom. The van der Waals surface area contributed by atoms with Crippen LogP contribution in [-0.2, 0) is 19.6 Å². The molecule has 1 saturated heterocycles. The number of amides is 1. The third-order valence-corrected chi connectivity index (χ3v) is 7.47. The molecule has 1 N–H and O–H groups in total. The number of ether oxygens (including phenoxy) is 2. The zero-order chi connectivity index (χ0) is 24.9. The molecule has 0 radical (unpaired) electrons. The fourth-order valence-corrected chi connectivity index (χ4v) is 5.83. The van der Waals surface area contributed by atoms with Crippen LogP contribution in [0.25, 0.3) is 0 Å². The standard InChI is InChI=1S/C25H32N2O6S/c1-5-32-23-12-7-6-11-22(23)26-24(28)19(4)33-25(29)20-9-8-10-21(14-20)34(30,31)27-15-17(2)13-18(3)16-27/h6-12,14,17-19H,5,13,15-16H2,1-4H3,(H,26,28). The largest absolute Gasteiger partial charge is 0.492 e. The predicted octanol–water partition coefficient (Wildman–Crippen LogP) is 3.94. The second-order valence-corrected chi connectivity index (χ2v) is 10.7. The molecule has 2 aromatic rings. The highest BCUT2D eigenvalue weighted by Crippen LogP contribution is 2.27. The SMILES string of the molecule is CCOc1ccccc1NC(=O)C(C)OC(=O)c1cccc(S(=O)(=O)N2CC(C)CC(C)C2)c1. The molecular weight excluding hydrogens is 456 g/mol. The van der Waals surface area contributed by atoms with Crippen molar-refractivity contribution in [3.63, 3.8) is 0 Å². The molecule has 2 aromatic carbocycles. The molecular formula is C25H32N2O6S. The van der Waals surface area contributed by atoms with Gasteiger partial charge in [0.05, 0.1) is 22.8 Å². The molecule has 0 aromatic heterocycles. The first-order valence-corrected chi connectivity index (χ1v) is 12.9. The van der Waals surface area contributed by atoms with Crippen LogP contribution in [0.2, 0.25) is 0 Å². The lowest BCUT2D eigenvalue weighted by Crippen LogP contribution is -2.42. The molecule has 34 heavy (non-hydrogen) atoms. The van der Waals surface area contributed by atoms with Gasteiger partial charge in [-0.15, -0.1) is 0 Å². The number of sulfonamides is 1. The number of benzene rings is 2. The van der Waals surface area contributed by atoms with E-state index in [4.69, 9.17) is 9.47 Å². The van der Waals surface area contributed by atoms with E-state index < -0.39 is 28.0 Å². The maximum atomic E-state index is 13.2. The second-order valence-electron chi connectivity index (χ2n) is 8.76. The molecule has 3 rings (SSSR count). The van der Waals surface area contributed by atoms with Crippen LogP contribution in [0.4, 0.5) is 5.69 Å². The van der Waals surface area contributed by atoms with E-state index >= 15 is 0 Å². The van der Waals surface area contributed by atoms with E-state index in [1.54, 1.807) is 24.3 Å². The molecule has 0 bridgehead atoms. The van der Waals surface area contributed by atoms with Gasteiger partial charge in [0, 0.05) is 13.1 Å². The Hall–Kier alpha value is -2.91. The van der Waals surface area contributed by atoms with Crippen LogP contribution in [0.1, 0.15) is 44.5 Å². The van der Waals surface area contributed by atoms with Gasteiger partial charge in [-0.25, -0.2) is 13.2 Å². The minimum Gasteiger partial charge on any atom is -0.492 e. The molecule has 8 nitrogen and oxygen atoms in total. The summed E-state index contributed by atoms with van der Waals surface area (Å²) < 4.78 is 38.6. The van der Waals surface area contributed by atoms with Crippen molar-refractivity contribution in [1.82, 2.24) is 4.31 Å². The first kappa shape index (κ1) is 25.7. The minimum absolute atomic E-state index is 0.0333. The van der Waals surface area contributed by atoms with Gasteiger partial charge in [0.25, 0.3) is 5.91 Å². The molecule has 1 aliphatic heterocycles. The van der Waals surface area contributed by atoms with E-state index in [-0.39, 0.29) is 22.3 Å². The maximum absolute atomic E-state index is 13.2. The molecule has 0 aliphatic carbocycles. The molecule has 3 atom stereocenters. The molecule has 1 heterocycles. The van der Waals surface area contributed by atoms with Crippen molar-refractivity contribution in [2.24, 2.45) is 11.8 Å². The number of nitrogens with zero attached hydrogens (tertiary/aromatic N) is 1. The Morgan fingerprint density at radius 3 is 2.44 bits per heavy atom. The lowest BCUT2D eigenvalue weighted by molar-refractivity contribution is -0.123. The fraction of sp³-hybridized carbons (Fsp3) is 0.440. The van der Waals surface area contributed by atoms with E-state index in [9.17, 15) is 18.0 Å². The van der Waals surface area contributed by atoms with Crippen LogP contribution >= 0.6 is 0 Å². The van der Waals surface area contributed by atoms with Crippen molar-refractivity contribution in [1.29, 1.82) is 0 Å². The van der Waals surface area contributed by atoms with Gasteiger partial charge >= 0.3 is 5.97 Å². The molecule has 9 heteroatoms. The van der Waals surface area contributed by atoms with Crippen LogP contribution in [0.5, 0.6) is 5.75 Å². The predicted molar refractivity (Wildman–Crippen MR) is 129 cm³/mol. The quantitative estimate of drug-likeness (QED) is 0.565. The maximum Gasteiger partial charge on any atom is 0.338 e. The van der Waals surface area contributed by atoms with Crippen LogP contribution in [0.15, 0.2) is 53.4 Å². The van der Waals surface area contributed by atoms with Crippen molar-refractivity contribution < 1.29 is 27.5 Å². The van der Waals surface area contributed by atoms with E-state index in [0.717, 1.165) is 6.42 Å². The Kier molecular flexibility index (Phi) is 8.33. The Morgan fingerprint density at radius 1 is 1.09 bits per heavy atom. The summed E-state index contributed by atoms with van der Waals surface area (Å²) in [6.07, 6.45) is -0.126. The number of anilines is 1. The van der Waals surface area contributed by atoms with Crippen molar-refractivity contribution in [2.45, 2.75) is 45.1 Å². The van der Waals surface area contributed by atoms with Gasteiger partial charge in [-0.2, -0.15) is 4.31 Å². The Balaban J connectivity index is 1.70. The first-order valence-electron chi connectivity index (χ1n) is 11.5. The summed E-state index contributed by atoms with van der Waals surface area (Å²) in [6.45, 7) is 8.68. The third-order valence-electron chi connectivity index (χ3n) is 5.64. The smallest absolute Gasteiger partial charge is 0.338 e. The van der Waals surface area contributed by atoms with Gasteiger partial charge in [-0.05, 0) is 62.4 Å². The average Bonchev–Trinajstić information content (AvgIpc) is 2.80. The number of carbonyl (C=O) groups excluding carboxylic acids is 2. The number of rotatable bonds is 8. The van der Waals surface area contributed by atoms with E-state index in [2.05, 4.69) is 5.32 Å². The monoisotopic (exact) mass is 488 g/mol. The van der Waals surface area contributed by atoms with Crippen molar-refractivity contribution in [3.8, 4) is 5.75 Å². The highest BCUT2D eigenvalue weighted by Gasteiger charge is 2.32. The molecule has 0 spiro atoms. The Labute approximate surface area is 201 Å². The number of para-hydroxylation sites is 2. The summed E-state index contributed by atoms with van der Waals surface area (Å²) in [5, 5.41) is 2.70. The van der Waals surface area contributed by atoms with Crippen LogP contribution < -0.4 is 10.1 Å². The molecule has 1 fully saturated rings. The number of piperidine rings is 1. The summed E-state index contributed by atoms with van der Waals surface area (Å²) in [6, 6.07) is 12.7. The van der Waals surface area contributed by atoms with E-state index in [1.807, 2.05) is 20.8 Å². The molecule has 0 saturated carbocycles. The summed E-state index contributed by atoms with van der Waals surface area (Å²) in [5.74, 6) is -0.271. The van der Waals surface area contributed by atoms with E-state index in [1.165, 1.54) is 35.5 Å². The topological polar surface area (TPSA) is 102 Å². The zero-order valence-corrected chi connectivity index (χ0v) is 20.8. The molecule has 1 amide bonds. The number of hydrogen-bond acceptors (Lipinski definition) is 6. The van der Waals surface area contributed by atoms with Gasteiger partial charge in [-0.1, -0.05) is 32.0 Å². The highest BCUT2D eigenvalue weighted by atomic mass is 32.2. The summed E-state index contributed by atoms with van der Waals surface area (Å²) in [7, 11) is -3.75. The first-order chi connectivity index (χ1) is 16.1. The summed E-state index contributed by atoms with van der Waals surface area (Å²) in [5.41, 5.74) is 0.531. The second kappa shape index (κ2) is 11.0. The van der Waals surface area contributed by atoms with E-state index in [0.29, 0.717) is 31.1 Å². The fourth-order valence-electron chi connectivity index (χ4n) is 4.10. The highest BCUT2D eigenvalue weighted by molar-refractivity contribution is 7.89. The summed E-state index contributed by atoms with van der Waals surface area (Å²) >= 11 is 0. The van der Waals surface area contributed by atoms with Crippen molar-refractivity contribution >= 4 is 27.6 Å². The van der Waals surface area contributed by atoms with Gasteiger partial charge in [0.2, 0.25) is 10.0 Å². The lowest BCUT2D eigenvalue weighted by Gasteiger charge is -2.34. The molecule has 184 valence electrons. The number of nitrogens with one attached hydrogen (secondary N) is 1. The number of esters is 1. The molecule has 3 unspecified atom stereocenters. The Bertz CT molecular complexity index is 1120. The number of hydrogen-bond donors (Lipinski definition) is 1. The average molecular weight is 489 g/mol. The zero-order valence-electron chi connectivity index (χ0n) is 20.0. The van der Waals surface area contributed by atoms with Gasteiger partial charge in [0.1, 0.15) is 5.75 Å². The number of carbonyl (C=O) groups is 2. The van der Waals surface area contributed by atoms with Gasteiger partial charge in [0.15, 0.2) is 6.10 Å². The van der Waals surface area contributed by atoms with Gasteiger partial charge in [-0.3, -0.25) is 4.79 Å². The lowest BCUT2D eigenvalue weighted by atomic mass is 9.94. The van der Waals surface area contributed by atoms with Crippen LogP contribution in [0.3, 0.4) is 0 Å². The van der Waals surface area contributed by atoms with Crippen molar-refractivity contribution in [3.05, 3.63) is 54.1 Å². The molecule has 1 aliphatic rings. The summed E-state index contributed by atoms with van der Waals surface area (Å²) in [4.78, 5) is 25.3. The minimum atomic E-state index is -3.75. The van der Waals surface area contributed by atoms with Crippen molar-refractivity contribution in [2.75, 3.05) is 25.0 Å². The van der Waals surface area contributed by atoms with Crippen LogP contribution in [0, 0.1) is 11.8 Å². The van der Waals surface area contributed by atoms with Crippen LogP contribution in [-0.4, -0.2) is 50.4 Å². The van der Waals surface area contributed by atoms with Gasteiger partial charge < -0.3 is 14.8 Å².